The zero-order valence-electron chi connectivity index (χ0n) is 12.1. The Bertz CT molecular complexity index is 362. The van der Waals surface area contributed by atoms with Crippen LogP contribution in [0.2, 0.25) is 0 Å². The number of aromatic nitrogens is 2. The Morgan fingerprint density at radius 1 is 1.44 bits per heavy atom. The normalized spacial score (nSPS) is 15.1. The molecule has 1 rings (SSSR count). The summed E-state index contributed by atoms with van der Waals surface area (Å²) in [7, 11) is 6.19. The van der Waals surface area contributed by atoms with E-state index in [2.05, 4.69) is 63.9 Å². The summed E-state index contributed by atoms with van der Waals surface area (Å²) in [5.41, 5.74) is 1.30. The highest BCUT2D eigenvalue weighted by atomic mass is 79.9. The summed E-state index contributed by atoms with van der Waals surface area (Å²) < 4.78 is 3.24. The number of hydrogen-bond acceptors (Lipinski definition) is 3. The Balaban J connectivity index is 2.76. The van der Waals surface area contributed by atoms with Crippen LogP contribution in [-0.2, 0) is 6.54 Å². The molecule has 0 radical (unpaired) electrons. The quantitative estimate of drug-likeness (QED) is 0.838. The topological polar surface area (TPSA) is 33.1 Å². The number of halogens is 1. The molecule has 1 aromatic rings. The van der Waals surface area contributed by atoms with Gasteiger partial charge in [-0.1, -0.05) is 6.92 Å². The lowest BCUT2D eigenvalue weighted by Crippen LogP contribution is -2.25. The van der Waals surface area contributed by atoms with Gasteiger partial charge in [0, 0.05) is 18.5 Å². The second kappa shape index (κ2) is 7.26. The fraction of sp³-hybridized carbons (Fsp3) is 0.769. The van der Waals surface area contributed by atoms with E-state index in [1.54, 1.807) is 0 Å². The van der Waals surface area contributed by atoms with Crippen LogP contribution in [0.4, 0.5) is 0 Å². The number of nitrogens with zero attached hydrogens (tertiary/aromatic N) is 3. The summed E-state index contributed by atoms with van der Waals surface area (Å²) in [6.07, 6.45) is 3.02. The molecule has 0 aliphatic carbocycles. The van der Waals surface area contributed by atoms with Gasteiger partial charge in [0.2, 0.25) is 0 Å². The standard InChI is InChI=1S/C13H25BrN4/c1-10(8-11(2)15-3)13-12(14)9-16-18(13)7-6-17(4)5/h9-11,15H,6-8H2,1-5H3. The van der Waals surface area contributed by atoms with Crippen molar-refractivity contribution in [2.45, 2.75) is 38.8 Å². The minimum Gasteiger partial charge on any atom is -0.317 e. The van der Waals surface area contributed by atoms with E-state index in [0.717, 1.165) is 24.0 Å². The molecule has 0 amide bonds. The summed E-state index contributed by atoms with van der Waals surface area (Å²) >= 11 is 3.62. The average Bonchev–Trinajstić information content (AvgIpc) is 2.67. The van der Waals surface area contributed by atoms with Gasteiger partial charge in [-0.25, -0.2) is 0 Å². The third-order valence-electron chi connectivity index (χ3n) is 3.26. The van der Waals surface area contributed by atoms with Crippen molar-refractivity contribution in [1.29, 1.82) is 0 Å². The predicted molar refractivity (Wildman–Crippen MR) is 80.0 cm³/mol. The molecule has 0 bridgehead atoms. The van der Waals surface area contributed by atoms with E-state index in [1.807, 2.05) is 13.2 Å². The van der Waals surface area contributed by atoms with E-state index in [-0.39, 0.29) is 0 Å². The van der Waals surface area contributed by atoms with Crippen molar-refractivity contribution in [3.63, 3.8) is 0 Å². The van der Waals surface area contributed by atoms with E-state index in [1.165, 1.54) is 5.69 Å². The Morgan fingerprint density at radius 2 is 2.11 bits per heavy atom. The van der Waals surface area contributed by atoms with Crippen LogP contribution in [0.5, 0.6) is 0 Å². The molecule has 18 heavy (non-hydrogen) atoms. The number of likely N-dealkylation sites (N-methyl/N-ethyl adjacent to an activating group) is 1. The average molecular weight is 317 g/mol. The molecule has 4 nitrogen and oxygen atoms in total. The number of hydrogen-bond donors (Lipinski definition) is 1. The van der Waals surface area contributed by atoms with Gasteiger partial charge in [-0.05, 0) is 50.4 Å². The van der Waals surface area contributed by atoms with Crippen molar-refractivity contribution >= 4 is 15.9 Å². The molecule has 0 saturated heterocycles. The highest BCUT2D eigenvalue weighted by molar-refractivity contribution is 9.10. The Labute approximate surface area is 119 Å². The molecule has 0 aromatic carbocycles. The fourth-order valence-electron chi connectivity index (χ4n) is 2.09. The van der Waals surface area contributed by atoms with Crippen LogP contribution in [0, 0.1) is 0 Å². The molecule has 0 aliphatic rings. The van der Waals surface area contributed by atoms with Crippen LogP contribution in [0.25, 0.3) is 0 Å². The van der Waals surface area contributed by atoms with E-state index in [4.69, 9.17) is 0 Å². The van der Waals surface area contributed by atoms with E-state index in [0.29, 0.717) is 12.0 Å². The van der Waals surface area contributed by atoms with Gasteiger partial charge in [0.1, 0.15) is 0 Å². The van der Waals surface area contributed by atoms with Gasteiger partial charge in [-0.2, -0.15) is 5.10 Å². The summed E-state index contributed by atoms with van der Waals surface area (Å²) in [5, 5.41) is 7.76. The molecule has 1 aromatic heterocycles. The minimum absolute atomic E-state index is 0.492. The van der Waals surface area contributed by atoms with Crippen LogP contribution in [0.3, 0.4) is 0 Å². The van der Waals surface area contributed by atoms with Gasteiger partial charge in [0.15, 0.2) is 0 Å². The molecular formula is C13H25BrN4. The van der Waals surface area contributed by atoms with Gasteiger partial charge in [0.25, 0.3) is 0 Å². The maximum Gasteiger partial charge on any atom is 0.0635 e. The monoisotopic (exact) mass is 316 g/mol. The maximum atomic E-state index is 4.46. The highest BCUT2D eigenvalue weighted by Gasteiger charge is 2.17. The van der Waals surface area contributed by atoms with Gasteiger partial charge >= 0.3 is 0 Å². The summed E-state index contributed by atoms with van der Waals surface area (Å²) in [6.45, 7) is 6.42. The van der Waals surface area contributed by atoms with Crippen LogP contribution >= 0.6 is 15.9 Å². The van der Waals surface area contributed by atoms with Crippen LogP contribution < -0.4 is 5.32 Å². The largest absolute Gasteiger partial charge is 0.317 e. The molecule has 1 N–H and O–H groups in total. The molecule has 2 unspecified atom stereocenters. The second-order valence-corrected chi connectivity index (χ2v) is 6.08. The van der Waals surface area contributed by atoms with Crippen molar-refractivity contribution in [2.75, 3.05) is 27.7 Å². The lowest BCUT2D eigenvalue weighted by molar-refractivity contribution is 0.364. The van der Waals surface area contributed by atoms with Crippen molar-refractivity contribution in [1.82, 2.24) is 20.0 Å². The van der Waals surface area contributed by atoms with Gasteiger partial charge in [-0.3, -0.25) is 4.68 Å². The predicted octanol–water partition coefficient (Wildman–Crippen LogP) is 2.31. The first-order valence-corrected chi connectivity index (χ1v) is 7.28. The molecule has 5 heteroatoms. The van der Waals surface area contributed by atoms with E-state index < -0.39 is 0 Å². The molecule has 2 atom stereocenters. The smallest absolute Gasteiger partial charge is 0.0635 e. The molecule has 0 fully saturated rings. The van der Waals surface area contributed by atoms with Crippen molar-refractivity contribution in [3.8, 4) is 0 Å². The Kier molecular flexibility index (Phi) is 6.32. The lowest BCUT2D eigenvalue weighted by atomic mass is 9.99. The van der Waals surface area contributed by atoms with E-state index >= 15 is 0 Å². The van der Waals surface area contributed by atoms with Crippen LogP contribution in [0.15, 0.2) is 10.7 Å². The minimum atomic E-state index is 0.492. The third kappa shape index (κ3) is 4.37. The summed E-state index contributed by atoms with van der Waals surface area (Å²) in [6, 6.07) is 0.518. The first-order valence-electron chi connectivity index (χ1n) is 6.48. The molecular weight excluding hydrogens is 292 g/mol. The SMILES string of the molecule is CNC(C)CC(C)c1c(Br)cnn1CCN(C)C. The first-order chi connectivity index (χ1) is 8.45. The fourth-order valence-corrected chi connectivity index (χ4v) is 2.78. The van der Waals surface area contributed by atoms with Gasteiger partial charge in [0.05, 0.1) is 22.9 Å². The van der Waals surface area contributed by atoms with Crippen LogP contribution in [-0.4, -0.2) is 48.4 Å². The van der Waals surface area contributed by atoms with Crippen molar-refractivity contribution < 1.29 is 0 Å². The molecule has 1 heterocycles. The van der Waals surface area contributed by atoms with E-state index in [9.17, 15) is 0 Å². The maximum absolute atomic E-state index is 4.46. The first kappa shape index (κ1) is 15.7. The van der Waals surface area contributed by atoms with Crippen LogP contribution in [0.1, 0.15) is 31.9 Å². The summed E-state index contributed by atoms with van der Waals surface area (Å²) in [5.74, 6) is 0.492. The Hall–Kier alpha value is -0.390. The lowest BCUT2D eigenvalue weighted by Gasteiger charge is -2.19. The molecule has 104 valence electrons. The second-order valence-electron chi connectivity index (χ2n) is 5.23. The zero-order valence-corrected chi connectivity index (χ0v) is 13.7. The molecule has 0 spiro atoms. The highest BCUT2D eigenvalue weighted by Crippen LogP contribution is 2.27. The van der Waals surface area contributed by atoms with Crippen molar-refractivity contribution in [2.24, 2.45) is 0 Å². The number of nitrogens with one attached hydrogen (secondary N) is 1. The zero-order chi connectivity index (χ0) is 13.7. The van der Waals surface area contributed by atoms with Gasteiger partial charge < -0.3 is 10.2 Å². The Morgan fingerprint density at radius 3 is 2.67 bits per heavy atom. The van der Waals surface area contributed by atoms with Crippen molar-refractivity contribution in [3.05, 3.63) is 16.4 Å². The molecule has 0 aliphatic heterocycles. The van der Waals surface area contributed by atoms with Gasteiger partial charge in [-0.15, -0.1) is 0 Å². The third-order valence-corrected chi connectivity index (χ3v) is 3.87. The number of rotatable bonds is 7. The molecule has 0 saturated carbocycles. The summed E-state index contributed by atoms with van der Waals surface area (Å²) in [4.78, 5) is 2.18.